The largest absolute Gasteiger partial charge is 0.496 e. The Kier molecular flexibility index (Phi) is 5.23. The van der Waals surface area contributed by atoms with E-state index in [9.17, 15) is 5.11 Å². The highest BCUT2D eigenvalue weighted by atomic mass is 16.7. The van der Waals surface area contributed by atoms with Crippen LogP contribution in [0.4, 0.5) is 0 Å². The molecule has 2 N–H and O–H groups in total. The molecule has 2 atom stereocenters. The van der Waals surface area contributed by atoms with Crippen molar-refractivity contribution < 1.29 is 19.3 Å². The Morgan fingerprint density at radius 2 is 1.96 bits per heavy atom. The first kappa shape index (κ1) is 16.6. The van der Waals surface area contributed by atoms with Gasteiger partial charge in [-0.25, -0.2) is 0 Å². The molecule has 128 valence electrons. The van der Waals surface area contributed by atoms with Crippen molar-refractivity contribution >= 4 is 0 Å². The van der Waals surface area contributed by atoms with Gasteiger partial charge in [0.05, 0.1) is 13.2 Å². The number of nitrogens with one attached hydrogen (secondary N) is 1. The highest BCUT2D eigenvalue weighted by Gasteiger charge is 2.16. The number of aliphatic hydroxyl groups is 1. The fourth-order valence-corrected chi connectivity index (χ4v) is 2.86. The summed E-state index contributed by atoms with van der Waals surface area (Å²) in [4.78, 5) is 0. The van der Waals surface area contributed by atoms with Gasteiger partial charge in [0, 0.05) is 18.2 Å². The molecule has 1 aliphatic heterocycles. The Morgan fingerprint density at radius 3 is 2.79 bits per heavy atom. The van der Waals surface area contributed by atoms with Crippen LogP contribution in [0.15, 0.2) is 42.5 Å². The van der Waals surface area contributed by atoms with Crippen molar-refractivity contribution in [3.05, 3.63) is 53.6 Å². The zero-order valence-corrected chi connectivity index (χ0v) is 14.0. The highest BCUT2D eigenvalue weighted by molar-refractivity contribution is 5.44. The lowest BCUT2D eigenvalue weighted by Gasteiger charge is -2.19. The number of methoxy groups -OCH3 is 1. The van der Waals surface area contributed by atoms with Crippen molar-refractivity contribution in [1.82, 2.24) is 5.32 Å². The molecule has 24 heavy (non-hydrogen) atoms. The molecule has 0 radical (unpaired) electrons. The Labute approximate surface area is 142 Å². The van der Waals surface area contributed by atoms with E-state index in [4.69, 9.17) is 14.2 Å². The lowest BCUT2D eigenvalue weighted by atomic mass is 10.0. The van der Waals surface area contributed by atoms with E-state index < -0.39 is 6.10 Å². The third-order valence-electron chi connectivity index (χ3n) is 4.14. The fourth-order valence-electron chi connectivity index (χ4n) is 2.86. The van der Waals surface area contributed by atoms with Crippen molar-refractivity contribution in [2.24, 2.45) is 0 Å². The van der Waals surface area contributed by atoms with E-state index in [1.54, 1.807) is 7.11 Å². The summed E-state index contributed by atoms with van der Waals surface area (Å²) in [5, 5.41) is 13.8. The van der Waals surface area contributed by atoms with E-state index >= 15 is 0 Å². The average Bonchev–Trinajstić information content (AvgIpc) is 3.07. The van der Waals surface area contributed by atoms with E-state index in [0.29, 0.717) is 12.3 Å². The van der Waals surface area contributed by atoms with E-state index in [2.05, 4.69) is 12.2 Å². The minimum Gasteiger partial charge on any atom is -0.496 e. The van der Waals surface area contributed by atoms with Crippen LogP contribution in [0.1, 0.15) is 24.2 Å². The molecule has 0 spiro atoms. The maximum atomic E-state index is 10.4. The Balaban J connectivity index is 1.54. The number of hydrogen-bond acceptors (Lipinski definition) is 5. The monoisotopic (exact) mass is 329 g/mol. The van der Waals surface area contributed by atoms with Crippen molar-refractivity contribution in [3.63, 3.8) is 0 Å². The molecular formula is C19H23NO4. The molecule has 5 nitrogen and oxygen atoms in total. The maximum Gasteiger partial charge on any atom is 0.231 e. The summed E-state index contributed by atoms with van der Waals surface area (Å²) in [6.45, 7) is 2.85. The third-order valence-corrected chi connectivity index (χ3v) is 4.14. The Bertz CT molecular complexity index is 689. The molecule has 3 rings (SSSR count). The van der Waals surface area contributed by atoms with Crippen LogP contribution in [0.2, 0.25) is 0 Å². The molecule has 1 aliphatic rings. The number of rotatable bonds is 7. The van der Waals surface area contributed by atoms with E-state index in [1.165, 1.54) is 5.56 Å². The molecule has 0 fully saturated rings. The van der Waals surface area contributed by atoms with Crippen LogP contribution in [0.25, 0.3) is 0 Å². The van der Waals surface area contributed by atoms with Crippen LogP contribution >= 0.6 is 0 Å². The maximum absolute atomic E-state index is 10.4. The average molecular weight is 329 g/mol. The standard InChI is InChI=1S/C19H23NO4/c1-13(9-14-7-8-18-19(10-14)24-12-23-18)20-11-16(21)15-5-3-4-6-17(15)22-2/h3-8,10,13,16,20-21H,9,11-12H2,1-2H3. The summed E-state index contributed by atoms with van der Waals surface area (Å²) < 4.78 is 16.0. The van der Waals surface area contributed by atoms with Gasteiger partial charge in [-0.2, -0.15) is 0 Å². The number of ether oxygens (including phenoxy) is 3. The minimum atomic E-state index is -0.611. The third kappa shape index (κ3) is 3.80. The van der Waals surface area contributed by atoms with Crippen molar-refractivity contribution in [2.75, 3.05) is 20.4 Å². The number of fused-ring (bicyclic) bond motifs is 1. The lowest BCUT2D eigenvalue weighted by Crippen LogP contribution is -2.32. The fraction of sp³-hybridized carbons (Fsp3) is 0.368. The SMILES string of the molecule is COc1ccccc1C(O)CNC(C)Cc1ccc2c(c1)OCO2. The van der Waals surface area contributed by atoms with Crippen LogP contribution in [0, 0.1) is 0 Å². The van der Waals surface area contributed by atoms with E-state index in [1.807, 2.05) is 42.5 Å². The predicted molar refractivity (Wildman–Crippen MR) is 91.7 cm³/mol. The number of benzene rings is 2. The summed E-state index contributed by atoms with van der Waals surface area (Å²) in [6.07, 6.45) is 0.232. The molecule has 0 saturated carbocycles. The van der Waals surface area contributed by atoms with Gasteiger partial charge in [-0.1, -0.05) is 24.3 Å². The zero-order valence-electron chi connectivity index (χ0n) is 14.0. The van der Waals surface area contributed by atoms with Crippen LogP contribution in [0.5, 0.6) is 17.2 Å². The quantitative estimate of drug-likeness (QED) is 0.818. The molecule has 0 aliphatic carbocycles. The zero-order chi connectivity index (χ0) is 16.9. The van der Waals surface area contributed by atoms with Gasteiger partial charge >= 0.3 is 0 Å². The molecule has 0 bridgehead atoms. The number of hydrogen-bond donors (Lipinski definition) is 2. The Morgan fingerprint density at radius 1 is 1.17 bits per heavy atom. The van der Waals surface area contributed by atoms with Gasteiger partial charge in [0.2, 0.25) is 6.79 Å². The molecule has 0 aromatic heterocycles. The molecule has 0 saturated heterocycles. The Hall–Kier alpha value is -2.24. The molecular weight excluding hydrogens is 306 g/mol. The van der Waals surface area contributed by atoms with Crippen molar-refractivity contribution in [1.29, 1.82) is 0 Å². The first-order chi connectivity index (χ1) is 11.7. The summed E-state index contributed by atoms with van der Waals surface area (Å²) in [5.74, 6) is 2.30. The molecule has 5 heteroatoms. The summed E-state index contributed by atoms with van der Waals surface area (Å²) >= 11 is 0. The summed E-state index contributed by atoms with van der Waals surface area (Å²) in [7, 11) is 1.61. The molecule has 2 unspecified atom stereocenters. The molecule has 0 amide bonds. The first-order valence-electron chi connectivity index (χ1n) is 8.10. The van der Waals surface area contributed by atoms with Gasteiger partial charge in [0.15, 0.2) is 11.5 Å². The van der Waals surface area contributed by atoms with Crippen LogP contribution in [-0.4, -0.2) is 31.6 Å². The second-order valence-electron chi connectivity index (χ2n) is 5.96. The van der Waals surface area contributed by atoms with Crippen molar-refractivity contribution in [3.8, 4) is 17.2 Å². The van der Waals surface area contributed by atoms with Gasteiger partial charge in [0.25, 0.3) is 0 Å². The molecule has 2 aromatic rings. The second-order valence-corrected chi connectivity index (χ2v) is 5.96. The summed E-state index contributed by atoms with van der Waals surface area (Å²) in [5.41, 5.74) is 1.97. The lowest BCUT2D eigenvalue weighted by molar-refractivity contribution is 0.166. The van der Waals surface area contributed by atoms with Gasteiger partial charge < -0.3 is 24.6 Å². The number of para-hydroxylation sites is 1. The minimum absolute atomic E-state index is 0.217. The highest BCUT2D eigenvalue weighted by Crippen LogP contribution is 2.32. The number of aliphatic hydroxyl groups excluding tert-OH is 1. The van der Waals surface area contributed by atoms with Gasteiger partial charge in [0.1, 0.15) is 5.75 Å². The van der Waals surface area contributed by atoms with Crippen LogP contribution in [-0.2, 0) is 6.42 Å². The van der Waals surface area contributed by atoms with Gasteiger partial charge in [-0.15, -0.1) is 0 Å². The summed E-state index contributed by atoms with van der Waals surface area (Å²) in [6, 6.07) is 13.7. The van der Waals surface area contributed by atoms with Crippen LogP contribution in [0.3, 0.4) is 0 Å². The topological polar surface area (TPSA) is 60.0 Å². The van der Waals surface area contributed by atoms with Gasteiger partial charge in [-0.05, 0) is 37.1 Å². The van der Waals surface area contributed by atoms with Gasteiger partial charge in [-0.3, -0.25) is 0 Å². The smallest absolute Gasteiger partial charge is 0.231 e. The molecule has 1 heterocycles. The van der Waals surface area contributed by atoms with E-state index in [0.717, 1.165) is 23.5 Å². The predicted octanol–water partition coefficient (Wildman–Crippen LogP) is 2.68. The first-order valence-corrected chi connectivity index (χ1v) is 8.10. The van der Waals surface area contributed by atoms with Crippen LogP contribution < -0.4 is 19.5 Å². The van der Waals surface area contributed by atoms with Crippen molar-refractivity contribution in [2.45, 2.75) is 25.5 Å². The van der Waals surface area contributed by atoms with E-state index in [-0.39, 0.29) is 12.8 Å². The second kappa shape index (κ2) is 7.55. The molecule has 2 aromatic carbocycles. The normalized spacial score (nSPS) is 15.1.